The third-order valence-electron chi connectivity index (χ3n) is 4.56. The minimum Gasteiger partial charge on any atom is -0.467 e. The molecule has 9 heteroatoms. The Balaban J connectivity index is 1.88. The fraction of sp³-hybridized carbons (Fsp3) is 0.647. The summed E-state index contributed by atoms with van der Waals surface area (Å²) in [7, 11) is -3.23. The summed E-state index contributed by atoms with van der Waals surface area (Å²) >= 11 is 0. The molecule has 2 heterocycles. The molecule has 2 N–H and O–H groups in total. The maximum atomic E-state index is 12.5. The van der Waals surface area contributed by atoms with Gasteiger partial charge in [-0.25, -0.2) is 12.7 Å². The van der Waals surface area contributed by atoms with Gasteiger partial charge in [-0.3, -0.25) is 9.59 Å². The third-order valence-corrected chi connectivity index (χ3v) is 5.86. The van der Waals surface area contributed by atoms with Gasteiger partial charge in [0.15, 0.2) is 0 Å². The van der Waals surface area contributed by atoms with E-state index in [1.54, 1.807) is 12.1 Å². The molecule has 146 valence electrons. The van der Waals surface area contributed by atoms with E-state index >= 15 is 0 Å². The molecule has 8 nitrogen and oxygen atoms in total. The Bertz CT molecular complexity index is 707. The molecule has 0 unspecified atom stereocenters. The first-order chi connectivity index (χ1) is 12.2. The SMILES string of the molecule is CC(C)[C@@H](NC(=O)C1CCN(S(C)(=O)=O)CC1)C(=O)NCc1ccco1. The van der Waals surface area contributed by atoms with Crippen molar-refractivity contribution in [2.45, 2.75) is 39.3 Å². The predicted octanol–water partition coefficient (Wildman–Crippen LogP) is 0.708. The van der Waals surface area contributed by atoms with E-state index in [1.165, 1.54) is 16.8 Å². The first kappa shape index (κ1) is 20.4. The van der Waals surface area contributed by atoms with Crippen LogP contribution < -0.4 is 10.6 Å². The number of furan rings is 1. The van der Waals surface area contributed by atoms with E-state index in [9.17, 15) is 18.0 Å². The average molecular weight is 385 g/mol. The normalized spacial score (nSPS) is 17.8. The molecule has 1 aliphatic rings. The summed E-state index contributed by atoms with van der Waals surface area (Å²) in [6.45, 7) is 4.65. The van der Waals surface area contributed by atoms with Gasteiger partial charge < -0.3 is 15.1 Å². The molecule has 0 bridgehead atoms. The molecule has 2 amide bonds. The van der Waals surface area contributed by atoms with Crippen molar-refractivity contribution in [3.05, 3.63) is 24.2 Å². The van der Waals surface area contributed by atoms with Crippen molar-refractivity contribution in [1.29, 1.82) is 0 Å². The monoisotopic (exact) mass is 385 g/mol. The summed E-state index contributed by atoms with van der Waals surface area (Å²) in [5, 5.41) is 5.59. The highest BCUT2D eigenvalue weighted by Crippen LogP contribution is 2.20. The lowest BCUT2D eigenvalue weighted by Gasteiger charge is -2.31. The van der Waals surface area contributed by atoms with E-state index in [-0.39, 0.29) is 30.2 Å². The van der Waals surface area contributed by atoms with E-state index in [2.05, 4.69) is 10.6 Å². The van der Waals surface area contributed by atoms with E-state index in [1.807, 2.05) is 13.8 Å². The molecule has 1 fully saturated rings. The summed E-state index contributed by atoms with van der Waals surface area (Å²) in [6.07, 6.45) is 3.62. The second-order valence-corrected chi connectivity index (χ2v) is 8.95. The van der Waals surface area contributed by atoms with Crippen molar-refractivity contribution < 1.29 is 22.4 Å². The highest BCUT2D eigenvalue weighted by Gasteiger charge is 2.32. The Labute approximate surface area is 154 Å². The Kier molecular flexibility index (Phi) is 6.82. The van der Waals surface area contributed by atoms with Gasteiger partial charge in [-0.05, 0) is 30.9 Å². The van der Waals surface area contributed by atoms with Crippen LogP contribution >= 0.6 is 0 Å². The summed E-state index contributed by atoms with van der Waals surface area (Å²) in [6, 6.07) is 2.86. The molecular weight excluding hydrogens is 358 g/mol. The van der Waals surface area contributed by atoms with Crippen molar-refractivity contribution in [3.63, 3.8) is 0 Å². The summed E-state index contributed by atoms with van der Waals surface area (Å²) in [5.74, 6) is -0.192. The van der Waals surface area contributed by atoms with Crippen LogP contribution in [0.2, 0.25) is 0 Å². The molecule has 1 aliphatic heterocycles. The fourth-order valence-electron chi connectivity index (χ4n) is 2.95. The number of carbonyl (C=O) groups excluding carboxylic acids is 2. The minimum absolute atomic E-state index is 0.0772. The topological polar surface area (TPSA) is 109 Å². The smallest absolute Gasteiger partial charge is 0.243 e. The van der Waals surface area contributed by atoms with E-state index in [4.69, 9.17) is 4.42 Å². The first-order valence-corrected chi connectivity index (χ1v) is 10.6. The highest BCUT2D eigenvalue weighted by atomic mass is 32.2. The predicted molar refractivity (Wildman–Crippen MR) is 96.5 cm³/mol. The van der Waals surface area contributed by atoms with Crippen LogP contribution in [0.4, 0.5) is 0 Å². The number of carbonyl (C=O) groups is 2. The fourth-order valence-corrected chi connectivity index (χ4v) is 3.83. The largest absolute Gasteiger partial charge is 0.467 e. The molecule has 1 atom stereocenters. The van der Waals surface area contributed by atoms with Gasteiger partial charge in [0, 0.05) is 19.0 Å². The molecule has 0 radical (unpaired) electrons. The molecule has 0 aromatic carbocycles. The molecule has 0 spiro atoms. The van der Waals surface area contributed by atoms with Gasteiger partial charge >= 0.3 is 0 Å². The van der Waals surface area contributed by atoms with Gasteiger partial charge in [-0.2, -0.15) is 0 Å². The lowest BCUT2D eigenvalue weighted by Crippen LogP contribution is -2.52. The number of amides is 2. The Morgan fingerprint density at radius 3 is 2.46 bits per heavy atom. The van der Waals surface area contributed by atoms with Crippen molar-refractivity contribution in [1.82, 2.24) is 14.9 Å². The minimum atomic E-state index is -3.23. The van der Waals surface area contributed by atoms with Gasteiger partial charge in [0.05, 0.1) is 19.1 Å². The zero-order valence-corrected chi connectivity index (χ0v) is 16.2. The van der Waals surface area contributed by atoms with Gasteiger partial charge in [0.25, 0.3) is 0 Å². The van der Waals surface area contributed by atoms with E-state index < -0.39 is 16.1 Å². The molecule has 2 rings (SSSR count). The molecule has 1 aromatic heterocycles. The van der Waals surface area contributed by atoms with Gasteiger partial charge in [0.2, 0.25) is 21.8 Å². The van der Waals surface area contributed by atoms with Crippen LogP contribution in [0.25, 0.3) is 0 Å². The number of rotatable bonds is 7. The Hall–Kier alpha value is -1.87. The van der Waals surface area contributed by atoms with Crippen molar-refractivity contribution in [2.75, 3.05) is 19.3 Å². The van der Waals surface area contributed by atoms with E-state index in [0.29, 0.717) is 31.7 Å². The van der Waals surface area contributed by atoms with Crippen LogP contribution in [-0.4, -0.2) is 49.9 Å². The molecular formula is C17H27N3O5S. The molecule has 26 heavy (non-hydrogen) atoms. The van der Waals surface area contributed by atoms with Crippen LogP contribution in [0.3, 0.4) is 0 Å². The average Bonchev–Trinajstić information content (AvgIpc) is 3.10. The zero-order chi connectivity index (χ0) is 19.3. The molecule has 0 saturated carbocycles. The lowest BCUT2D eigenvalue weighted by atomic mass is 9.95. The second-order valence-electron chi connectivity index (χ2n) is 6.96. The molecule has 1 aromatic rings. The standard InChI is InChI=1S/C17H27N3O5S/c1-12(2)15(17(22)18-11-14-5-4-10-25-14)19-16(21)13-6-8-20(9-7-13)26(3,23)24/h4-5,10,12-13,15H,6-9,11H2,1-3H3,(H,18,22)(H,19,21)/t15-/m1/s1. The van der Waals surface area contributed by atoms with Gasteiger partial charge in [-0.1, -0.05) is 13.8 Å². The van der Waals surface area contributed by atoms with Gasteiger partial charge in [-0.15, -0.1) is 0 Å². The maximum absolute atomic E-state index is 12.5. The third kappa shape index (κ3) is 5.57. The van der Waals surface area contributed by atoms with E-state index in [0.717, 1.165) is 0 Å². The maximum Gasteiger partial charge on any atom is 0.243 e. The van der Waals surface area contributed by atoms with Crippen LogP contribution in [0.1, 0.15) is 32.4 Å². The van der Waals surface area contributed by atoms with Crippen LogP contribution in [-0.2, 0) is 26.2 Å². The number of hydrogen-bond acceptors (Lipinski definition) is 5. The highest BCUT2D eigenvalue weighted by molar-refractivity contribution is 7.88. The number of nitrogens with zero attached hydrogens (tertiary/aromatic N) is 1. The van der Waals surface area contributed by atoms with Crippen LogP contribution in [0.15, 0.2) is 22.8 Å². The quantitative estimate of drug-likeness (QED) is 0.718. The van der Waals surface area contributed by atoms with Crippen LogP contribution in [0.5, 0.6) is 0 Å². The van der Waals surface area contributed by atoms with Crippen LogP contribution in [0, 0.1) is 11.8 Å². The summed E-state index contributed by atoms with van der Waals surface area (Å²) < 4.78 is 29.7. The summed E-state index contributed by atoms with van der Waals surface area (Å²) in [4.78, 5) is 25.0. The second kappa shape index (κ2) is 8.68. The first-order valence-electron chi connectivity index (χ1n) is 8.74. The van der Waals surface area contributed by atoms with Crippen molar-refractivity contribution >= 4 is 21.8 Å². The van der Waals surface area contributed by atoms with Crippen molar-refractivity contribution in [2.24, 2.45) is 11.8 Å². The summed E-state index contributed by atoms with van der Waals surface area (Å²) in [5.41, 5.74) is 0. The Morgan fingerprint density at radius 1 is 1.31 bits per heavy atom. The van der Waals surface area contributed by atoms with Crippen molar-refractivity contribution in [3.8, 4) is 0 Å². The number of sulfonamides is 1. The lowest BCUT2D eigenvalue weighted by molar-refractivity contribution is -0.132. The van der Waals surface area contributed by atoms with Gasteiger partial charge in [0.1, 0.15) is 11.8 Å². The zero-order valence-electron chi connectivity index (χ0n) is 15.4. The number of piperidine rings is 1. The molecule has 1 saturated heterocycles. The molecule has 0 aliphatic carbocycles. The Morgan fingerprint density at radius 2 is 1.96 bits per heavy atom. The number of nitrogens with one attached hydrogen (secondary N) is 2. The number of hydrogen-bond donors (Lipinski definition) is 2.